The number of hydrogen-bond donors (Lipinski definition) is 0. The lowest BCUT2D eigenvalue weighted by atomic mass is 10.1. The third kappa shape index (κ3) is 4.17. The Morgan fingerprint density at radius 1 is 1.21 bits per heavy atom. The minimum absolute atomic E-state index is 0.0301. The lowest BCUT2D eigenvalue weighted by Gasteiger charge is -2.32. The van der Waals surface area contributed by atoms with Gasteiger partial charge in [-0.1, -0.05) is 6.07 Å². The zero-order valence-corrected chi connectivity index (χ0v) is 13.4. The summed E-state index contributed by atoms with van der Waals surface area (Å²) >= 11 is 0. The number of aromatic nitrogens is 2. The number of methoxy groups -OCH3 is 1. The van der Waals surface area contributed by atoms with Gasteiger partial charge in [0.2, 0.25) is 0 Å². The van der Waals surface area contributed by atoms with E-state index in [0.717, 1.165) is 31.0 Å². The highest BCUT2D eigenvalue weighted by molar-refractivity contribution is 5.18. The fraction of sp³-hybridized carbons (Fsp3) is 0.412. The normalized spacial score (nSPS) is 18.4. The molecule has 0 N–H and O–H groups in total. The summed E-state index contributed by atoms with van der Waals surface area (Å²) in [5.41, 5.74) is 0.746. The maximum Gasteiger partial charge on any atom is 0.316 e. The van der Waals surface area contributed by atoms with Crippen LogP contribution < -0.4 is 9.47 Å². The first-order valence-corrected chi connectivity index (χ1v) is 7.83. The number of rotatable bonds is 5. The van der Waals surface area contributed by atoms with Crippen molar-refractivity contribution < 1.29 is 18.3 Å². The molecule has 1 saturated heterocycles. The van der Waals surface area contributed by atoms with Crippen molar-refractivity contribution in [3.05, 3.63) is 47.8 Å². The molecule has 1 aliphatic heterocycles. The van der Waals surface area contributed by atoms with E-state index in [4.69, 9.17) is 9.47 Å². The second-order valence-corrected chi connectivity index (χ2v) is 5.77. The lowest BCUT2D eigenvalue weighted by Crippen LogP contribution is -2.40. The molecule has 3 rings (SSSR count). The predicted octanol–water partition coefficient (Wildman–Crippen LogP) is 2.81. The van der Waals surface area contributed by atoms with Gasteiger partial charge in [-0.25, -0.2) is 8.78 Å². The van der Waals surface area contributed by atoms with Crippen molar-refractivity contribution in [3.8, 4) is 11.8 Å². The number of likely N-dealkylation sites (tertiary alicyclic amines) is 1. The summed E-state index contributed by atoms with van der Waals surface area (Å²) < 4.78 is 37.1. The minimum Gasteiger partial charge on any atom is -0.494 e. The Morgan fingerprint density at radius 2 is 2.00 bits per heavy atom. The van der Waals surface area contributed by atoms with Gasteiger partial charge in [-0.3, -0.25) is 4.90 Å². The first kappa shape index (κ1) is 16.6. The number of nitrogens with zero attached hydrogens (tertiary/aromatic N) is 3. The van der Waals surface area contributed by atoms with Gasteiger partial charge in [0.15, 0.2) is 17.4 Å². The molecule has 5 nitrogen and oxygen atoms in total. The first-order valence-electron chi connectivity index (χ1n) is 7.83. The molecule has 1 aromatic carbocycles. The predicted molar refractivity (Wildman–Crippen MR) is 83.9 cm³/mol. The van der Waals surface area contributed by atoms with Crippen LogP contribution in [0.3, 0.4) is 0 Å². The fourth-order valence-corrected chi connectivity index (χ4v) is 2.77. The van der Waals surface area contributed by atoms with Gasteiger partial charge in [0, 0.05) is 13.1 Å². The van der Waals surface area contributed by atoms with Gasteiger partial charge >= 0.3 is 6.01 Å². The van der Waals surface area contributed by atoms with E-state index in [1.807, 2.05) is 0 Å². The van der Waals surface area contributed by atoms with Crippen molar-refractivity contribution in [1.29, 1.82) is 0 Å². The van der Waals surface area contributed by atoms with Crippen LogP contribution >= 0.6 is 0 Å². The molecule has 1 unspecified atom stereocenters. The van der Waals surface area contributed by atoms with Gasteiger partial charge in [-0.2, -0.15) is 9.97 Å². The summed E-state index contributed by atoms with van der Waals surface area (Å²) in [6, 6.07) is 4.32. The number of ether oxygens (including phenoxy) is 2. The quantitative estimate of drug-likeness (QED) is 0.841. The third-order valence-corrected chi connectivity index (χ3v) is 3.96. The van der Waals surface area contributed by atoms with Crippen LogP contribution in [0.15, 0.2) is 30.6 Å². The summed E-state index contributed by atoms with van der Waals surface area (Å²) in [7, 11) is 1.55. The van der Waals surface area contributed by atoms with Crippen LogP contribution in [0, 0.1) is 11.6 Å². The van der Waals surface area contributed by atoms with E-state index >= 15 is 0 Å². The largest absolute Gasteiger partial charge is 0.494 e. The summed E-state index contributed by atoms with van der Waals surface area (Å²) in [6.07, 6.45) is 4.96. The van der Waals surface area contributed by atoms with Gasteiger partial charge in [-0.05, 0) is 37.1 Å². The summed E-state index contributed by atoms with van der Waals surface area (Å²) in [4.78, 5) is 10.4. The van der Waals surface area contributed by atoms with Crippen molar-refractivity contribution >= 4 is 0 Å². The molecule has 1 aliphatic rings. The molecular weight excluding hydrogens is 316 g/mol. The van der Waals surface area contributed by atoms with E-state index in [1.54, 1.807) is 25.6 Å². The summed E-state index contributed by atoms with van der Waals surface area (Å²) in [5, 5.41) is 0. The number of benzene rings is 1. The highest BCUT2D eigenvalue weighted by Crippen LogP contribution is 2.19. The molecule has 0 radical (unpaired) electrons. The molecule has 0 spiro atoms. The van der Waals surface area contributed by atoms with Crippen molar-refractivity contribution in [1.82, 2.24) is 14.9 Å². The molecule has 0 amide bonds. The van der Waals surface area contributed by atoms with Crippen LogP contribution in [0.2, 0.25) is 0 Å². The minimum atomic E-state index is -0.824. The second kappa shape index (κ2) is 7.53. The van der Waals surface area contributed by atoms with Gasteiger partial charge in [0.25, 0.3) is 0 Å². The van der Waals surface area contributed by atoms with Gasteiger partial charge < -0.3 is 9.47 Å². The highest BCUT2D eigenvalue weighted by Gasteiger charge is 2.22. The van der Waals surface area contributed by atoms with Crippen molar-refractivity contribution in [3.63, 3.8) is 0 Å². The Labute approximate surface area is 139 Å². The maximum atomic E-state index is 13.3. The zero-order valence-electron chi connectivity index (χ0n) is 13.4. The molecule has 0 aliphatic carbocycles. The number of hydrogen-bond acceptors (Lipinski definition) is 5. The second-order valence-electron chi connectivity index (χ2n) is 5.77. The lowest BCUT2D eigenvalue weighted by molar-refractivity contribution is 0.0769. The Bertz CT molecular complexity index is 682. The molecule has 2 heterocycles. The molecule has 0 bridgehead atoms. The number of piperidine rings is 1. The van der Waals surface area contributed by atoms with Crippen LogP contribution in [-0.2, 0) is 6.54 Å². The van der Waals surface area contributed by atoms with Crippen LogP contribution in [0.4, 0.5) is 8.78 Å². The molecule has 128 valence electrons. The molecule has 24 heavy (non-hydrogen) atoms. The third-order valence-electron chi connectivity index (χ3n) is 3.96. The van der Waals surface area contributed by atoms with Crippen LogP contribution in [0.1, 0.15) is 18.4 Å². The van der Waals surface area contributed by atoms with E-state index in [1.165, 1.54) is 6.07 Å². The standard InChI is InChI=1S/C17H19F2N3O2/c1-23-14-8-20-17(21-9-14)24-13-3-2-6-22(11-13)10-12-4-5-15(18)16(19)7-12/h4-5,7-9,13H,2-3,6,10-11H2,1H3. The van der Waals surface area contributed by atoms with Crippen molar-refractivity contribution in [2.75, 3.05) is 20.2 Å². The Hall–Kier alpha value is -2.28. The molecule has 2 aromatic rings. The maximum absolute atomic E-state index is 13.3. The molecule has 1 atom stereocenters. The van der Waals surface area contributed by atoms with Gasteiger partial charge in [0.1, 0.15) is 6.10 Å². The zero-order chi connectivity index (χ0) is 16.9. The van der Waals surface area contributed by atoms with Gasteiger partial charge in [-0.15, -0.1) is 0 Å². The van der Waals surface area contributed by atoms with Crippen LogP contribution in [0.25, 0.3) is 0 Å². The topological polar surface area (TPSA) is 47.5 Å². The Morgan fingerprint density at radius 3 is 2.71 bits per heavy atom. The smallest absolute Gasteiger partial charge is 0.316 e. The summed E-state index contributed by atoms with van der Waals surface area (Å²) in [6.45, 7) is 2.14. The monoisotopic (exact) mass is 335 g/mol. The molecule has 0 saturated carbocycles. The Kier molecular flexibility index (Phi) is 5.20. The average Bonchev–Trinajstić information content (AvgIpc) is 2.59. The first-order chi connectivity index (χ1) is 11.6. The van der Waals surface area contributed by atoms with E-state index < -0.39 is 11.6 Å². The van der Waals surface area contributed by atoms with Crippen LogP contribution in [-0.4, -0.2) is 41.2 Å². The van der Waals surface area contributed by atoms with E-state index in [2.05, 4.69) is 14.9 Å². The van der Waals surface area contributed by atoms with Crippen molar-refractivity contribution in [2.24, 2.45) is 0 Å². The van der Waals surface area contributed by atoms with Crippen LogP contribution in [0.5, 0.6) is 11.8 Å². The molecular formula is C17H19F2N3O2. The summed E-state index contributed by atoms with van der Waals surface area (Å²) in [5.74, 6) is -1.06. The molecule has 1 fully saturated rings. The Balaban J connectivity index is 1.58. The average molecular weight is 335 g/mol. The van der Waals surface area contributed by atoms with E-state index in [9.17, 15) is 8.78 Å². The SMILES string of the molecule is COc1cnc(OC2CCCN(Cc3ccc(F)c(F)c3)C2)nc1. The molecule has 1 aromatic heterocycles. The van der Waals surface area contributed by atoms with Crippen molar-refractivity contribution in [2.45, 2.75) is 25.5 Å². The molecule has 7 heteroatoms. The van der Waals surface area contributed by atoms with E-state index in [0.29, 0.717) is 24.8 Å². The van der Waals surface area contributed by atoms with E-state index in [-0.39, 0.29) is 6.10 Å². The highest BCUT2D eigenvalue weighted by atomic mass is 19.2. The van der Waals surface area contributed by atoms with Gasteiger partial charge in [0.05, 0.1) is 19.5 Å². The fourth-order valence-electron chi connectivity index (χ4n) is 2.77. The number of halogens is 2.